The van der Waals surface area contributed by atoms with Gasteiger partial charge >= 0.3 is 0 Å². The van der Waals surface area contributed by atoms with Crippen LogP contribution in [-0.4, -0.2) is 10.9 Å². The van der Waals surface area contributed by atoms with E-state index in [-0.39, 0.29) is 0 Å². The maximum atomic E-state index is 5.99. The van der Waals surface area contributed by atoms with E-state index < -0.39 is 0 Å². The van der Waals surface area contributed by atoms with Crippen molar-refractivity contribution in [1.82, 2.24) is 4.98 Å². The van der Waals surface area contributed by atoms with Gasteiger partial charge < -0.3 is 4.42 Å². The molecule has 80 valence electrons. The van der Waals surface area contributed by atoms with Crippen LogP contribution in [0.5, 0.6) is 0 Å². The monoisotopic (exact) mass is 281 g/mol. The highest BCUT2D eigenvalue weighted by molar-refractivity contribution is 7.20. The zero-order valence-corrected chi connectivity index (χ0v) is 10.6. The second-order valence-electron chi connectivity index (χ2n) is 2.80. The van der Waals surface area contributed by atoms with E-state index in [1.807, 2.05) is 0 Å². The van der Waals surface area contributed by atoms with Gasteiger partial charge in [-0.25, -0.2) is 4.98 Å². The topological polar surface area (TPSA) is 26.0 Å². The van der Waals surface area contributed by atoms with Gasteiger partial charge in [-0.2, -0.15) is 0 Å². The Hall–Kier alpha value is -0.220. The van der Waals surface area contributed by atoms with Crippen LogP contribution in [-0.2, 0) is 6.42 Å². The number of halogens is 3. The molecule has 0 bridgehead atoms. The Labute approximate surface area is 106 Å². The van der Waals surface area contributed by atoms with Gasteiger partial charge in [-0.15, -0.1) is 22.9 Å². The van der Waals surface area contributed by atoms with Crippen molar-refractivity contribution in [3.8, 4) is 11.3 Å². The lowest BCUT2D eigenvalue weighted by Crippen LogP contribution is -1.83. The first-order valence-corrected chi connectivity index (χ1v) is 6.27. The van der Waals surface area contributed by atoms with Gasteiger partial charge in [0, 0.05) is 17.9 Å². The molecule has 0 atom stereocenters. The summed E-state index contributed by atoms with van der Waals surface area (Å²) in [7, 11) is 0. The number of hydrogen-bond donors (Lipinski definition) is 0. The van der Waals surface area contributed by atoms with Crippen LogP contribution in [0.4, 0.5) is 0 Å². The Bertz CT molecular complexity index is 466. The maximum Gasteiger partial charge on any atom is 0.196 e. The summed E-state index contributed by atoms with van der Waals surface area (Å²) in [4.78, 5) is 4.08. The minimum Gasteiger partial charge on any atom is -0.441 e. The van der Waals surface area contributed by atoms with Gasteiger partial charge in [0.25, 0.3) is 0 Å². The molecule has 0 spiro atoms. The van der Waals surface area contributed by atoms with E-state index in [2.05, 4.69) is 4.98 Å². The summed E-state index contributed by atoms with van der Waals surface area (Å²) >= 11 is 18.7. The van der Waals surface area contributed by atoms with Crippen molar-refractivity contribution in [2.45, 2.75) is 6.42 Å². The molecule has 2 rings (SSSR count). The van der Waals surface area contributed by atoms with Crippen molar-refractivity contribution in [1.29, 1.82) is 0 Å². The molecule has 2 nitrogen and oxygen atoms in total. The van der Waals surface area contributed by atoms with Crippen LogP contribution in [0.15, 0.2) is 16.7 Å². The molecular formula is C9H6Cl3NOS. The Balaban J connectivity index is 2.32. The zero-order chi connectivity index (χ0) is 10.8. The fourth-order valence-electron chi connectivity index (χ4n) is 1.14. The van der Waals surface area contributed by atoms with Crippen molar-refractivity contribution in [3.05, 3.63) is 26.8 Å². The minimum atomic E-state index is 0.484. The van der Waals surface area contributed by atoms with Crippen molar-refractivity contribution >= 4 is 46.1 Å². The summed E-state index contributed by atoms with van der Waals surface area (Å²) in [6.07, 6.45) is 2.24. The largest absolute Gasteiger partial charge is 0.441 e. The van der Waals surface area contributed by atoms with Gasteiger partial charge in [0.2, 0.25) is 0 Å². The molecule has 6 heteroatoms. The first-order valence-electron chi connectivity index (χ1n) is 4.16. The summed E-state index contributed by atoms with van der Waals surface area (Å²) in [5.41, 5.74) is 0.778. The number of hydrogen-bond acceptors (Lipinski definition) is 3. The number of oxazole rings is 1. The summed E-state index contributed by atoms with van der Waals surface area (Å²) < 4.78 is 6.71. The fourth-order valence-corrected chi connectivity index (χ4v) is 2.77. The molecular weight excluding hydrogens is 277 g/mol. The number of aromatic nitrogens is 1. The van der Waals surface area contributed by atoms with Crippen molar-refractivity contribution in [3.63, 3.8) is 0 Å². The van der Waals surface area contributed by atoms with Gasteiger partial charge in [0.15, 0.2) is 11.7 Å². The average molecular weight is 283 g/mol. The predicted molar refractivity (Wildman–Crippen MR) is 64.3 cm³/mol. The second-order valence-corrected chi connectivity index (χ2v) is 5.46. The molecule has 0 N–H and O–H groups in total. The van der Waals surface area contributed by atoms with Gasteiger partial charge in [-0.3, -0.25) is 0 Å². The smallest absolute Gasteiger partial charge is 0.196 e. The molecule has 2 aromatic heterocycles. The molecule has 0 saturated carbocycles. The third kappa shape index (κ3) is 2.48. The van der Waals surface area contributed by atoms with Crippen LogP contribution in [0.2, 0.25) is 8.67 Å². The van der Waals surface area contributed by atoms with E-state index in [0.29, 0.717) is 32.6 Å². The van der Waals surface area contributed by atoms with Gasteiger partial charge in [-0.1, -0.05) is 23.2 Å². The van der Waals surface area contributed by atoms with Crippen molar-refractivity contribution in [2.24, 2.45) is 0 Å². The summed E-state index contributed by atoms with van der Waals surface area (Å²) in [6, 6.07) is 1.76. The number of thiophene rings is 1. The Morgan fingerprint density at radius 1 is 1.40 bits per heavy atom. The molecule has 0 unspecified atom stereocenters. The molecule has 0 aromatic carbocycles. The molecule has 0 saturated heterocycles. The van der Waals surface area contributed by atoms with Gasteiger partial charge in [0.05, 0.1) is 10.5 Å². The minimum absolute atomic E-state index is 0.484. The first kappa shape index (κ1) is 11.3. The molecule has 0 radical (unpaired) electrons. The lowest BCUT2D eigenvalue weighted by atomic mass is 10.3. The van der Waals surface area contributed by atoms with E-state index in [4.69, 9.17) is 39.2 Å². The Morgan fingerprint density at radius 3 is 2.80 bits per heavy atom. The summed E-state index contributed by atoms with van der Waals surface area (Å²) in [5.74, 6) is 1.72. The molecule has 0 aliphatic carbocycles. The Morgan fingerprint density at radius 2 is 2.20 bits per heavy atom. The molecule has 2 aromatic rings. The summed E-state index contributed by atoms with van der Waals surface area (Å²) in [5, 5.41) is 0. The lowest BCUT2D eigenvalue weighted by Gasteiger charge is -1.91. The average Bonchev–Trinajstić information content (AvgIpc) is 2.73. The summed E-state index contributed by atoms with van der Waals surface area (Å²) in [6.45, 7) is 0. The van der Waals surface area contributed by atoms with Gasteiger partial charge in [-0.05, 0) is 6.07 Å². The molecule has 0 fully saturated rings. The highest BCUT2D eigenvalue weighted by atomic mass is 35.5. The van der Waals surface area contributed by atoms with Crippen LogP contribution in [0.25, 0.3) is 11.3 Å². The van der Waals surface area contributed by atoms with E-state index in [0.717, 1.165) is 5.56 Å². The fraction of sp³-hybridized carbons (Fsp3) is 0.222. The molecule has 2 heterocycles. The first-order chi connectivity index (χ1) is 7.20. The zero-order valence-electron chi connectivity index (χ0n) is 7.47. The van der Waals surface area contributed by atoms with Crippen LogP contribution >= 0.6 is 46.1 Å². The molecule has 15 heavy (non-hydrogen) atoms. The van der Waals surface area contributed by atoms with Crippen molar-refractivity contribution in [2.75, 3.05) is 5.88 Å². The van der Waals surface area contributed by atoms with Crippen LogP contribution in [0.3, 0.4) is 0 Å². The SMILES string of the molecule is ClCCc1ncc(-c2cc(Cl)sc2Cl)o1. The van der Waals surface area contributed by atoms with E-state index in [1.54, 1.807) is 12.3 Å². The standard InChI is InChI=1S/C9H6Cl3NOS/c10-2-1-8-13-4-6(14-8)5-3-7(11)15-9(5)12/h3-4H,1-2H2. The van der Waals surface area contributed by atoms with E-state index >= 15 is 0 Å². The normalized spacial score (nSPS) is 10.9. The number of rotatable bonds is 3. The third-order valence-corrected chi connectivity index (χ3v) is 3.46. The van der Waals surface area contributed by atoms with Crippen LogP contribution in [0, 0.1) is 0 Å². The maximum absolute atomic E-state index is 5.99. The second kappa shape index (κ2) is 4.74. The lowest BCUT2D eigenvalue weighted by molar-refractivity contribution is 0.515. The van der Waals surface area contributed by atoms with Crippen LogP contribution in [0.1, 0.15) is 5.89 Å². The third-order valence-electron chi connectivity index (χ3n) is 1.78. The molecule has 0 aliphatic rings. The number of aryl methyl sites for hydroxylation is 1. The Kier molecular flexibility index (Phi) is 3.57. The number of nitrogens with zero attached hydrogens (tertiary/aromatic N) is 1. The van der Waals surface area contributed by atoms with E-state index in [1.165, 1.54) is 11.3 Å². The van der Waals surface area contributed by atoms with E-state index in [9.17, 15) is 0 Å². The predicted octanol–water partition coefficient (Wildman–Crippen LogP) is 4.49. The number of alkyl halides is 1. The molecule has 0 amide bonds. The highest BCUT2D eigenvalue weighted by Crippen LogP contribution is 2.38. The molecule has 0 aliphatic heterocycles. The van der Waals surface area contributed by atoms with Gasteiger partial charge in [0.1, 0.15) is 4.34 Å². The quantitative estimate of drug-likeness (QED) is 0.775. The van der Waals surface area contributed by atoms with Crippen molar-refractivity contribution < 1.29 is 4.42 Å². The highest BCUT2D eigenvalue weighted by Gasteiger charge is 2.12. The van der Waals surface area contributed by atoms with Crippen LogP contribution < -0.4 is 0 Å².